The summed E-state index contributed by atoms with van der Waals surface area (Å²) >= 11 is 0. The number of benzene rings is 1. The molecule has 1 saturated heterocycles. The fraction of sp³-hybridized carbons (Fsp3) is 0.600. The Morgan fingerprint density at radius 3 is 2.39 bits per heavy atom. The van der Waals surface area contributed by atoms with Gasteiger partial charge in [-0.05, 0) is 42.4 Å². The highest BCUT2D eigenvalue weighted by Gasteiger charge is 2.36. The van der Waals surface area contributed by atoms with Crippen LogP contribution in [0.4, 0.5) is 4.39 Å². The molecule has 3 rings (SSSR count). The minimum absolute atomic E-state index is 0.00410. The van der Waals surface area contributed by atoms with Crippen molar-refractivity contribution in [2.45, 2.75) is 25.3 Å². The van der Waals surface area contributed by atoms with E-state index < -0.39 is 0 Å². The zero-order valence-corrected chi connectivity index (χ0v) is 10.7. The second-order valence-corrected chi connectivity index (χ2v) is 5.83. The maximum Gasteiger partial charge on any atom is 0.123 e. The third-order valence-electron chi connectivity index (χ3n) is 4.55. The van der Waals surface area contributed by atoms with Gasteiger partial charge in [-0.1, -0.05) is 18.6 Å². The number of halogens is 1. The summed E-state index contributed by atoms with van der Waals surface area (Å²) < 4.78 is 12.9. The Labute approximate surface area is 108 Å². The topological polar surface area (TPSA) is 29.3 Å². The van der Waals surface area contributed by atoms with Gasteiger partial charge in [0, 0.05) is 25.7 Å². The zero-order chi connectivity index (χ0) is 12.5. The summed E-state index contributed by atoms with van der Waals surface area (Å²) in [5.41, 5.74) is 7.25. The van der Waals surface area contributed by atoms with Gasteiger partial charge in [-0.25, -0.2) is 4.39 Å². The van der Waals surface area contributed by atoms with Crippen LogP contribution in [-0.4, -0.2) is 24.5 Å². The van der Waals surface area contributed by atoms with E-state index in [0.29, 0.717) is 0 Å². The summed E-state index contributed by atoms with van der Waals surface area (Å²) in [5.74, 6) is 1.62. The summed E-state index contributed by atoms with van der Waals surface area (Å²) in [4.78, 5) is 2.49. The van der Waals surface area contributed by atoms with Crippen molar-refractivity contribution in [3.05, 3.63) is 35.6 Å². The summed E-state index contributed by atoms with van der Waals surface area (Å²) in [6.07, 6.45) is 4.20. The smallest absolute Gasteiger partial charge is 0.123 e. The Hall–Kier alpha value is -0.930. The van der Waals surface area contributed by atoms with E-state index >= 15 is 0 Å². The van der Waals surface area contributed by atoms with Gasteiger partial charge in [0.25, 0.3) is 0 Å². The van der Waals surface area contributed by atoms with Gasteiger partial charge in [-0.2, -0.15) is 0 Å². The van der Waals surface area contributed by atoms with E-state index in [2.05, 4.69) is 4.90 Å². The van der Waals surface area contributed by atoms with Crippen LogP contribution in [0.15, 0.2) is 24.3 Å². The van der Waals surface area contributed by atoms with E-state index in [9.17, 15) is 4.39 Å². The number of hydrogen-bond acceptors (Lipinski definition) is 2. The third-order valence-corrected chi connectivity index (χ3v) is 4.55. The number of rotatable bonds is 3. The molecule has 0 bridgehead atoms. The average Bonchev–Trinajstić information content (AvgIpc) is 2.90. The van der Waals surface area contributed by atoms with Crippen LogP contribution in [0.1, 0.15) is 30.9 Å². The van der Waals surface area contributed by atoms with Crippen LogP contribution in [0, 0.1) is 17.7 Å². The zero-order valence-electron chi connectivity index (χ0n) is 10.7. The first-order valence-corrected chi connectivity index (χ1v) is 6.96. The predicted molar refractivity (Wildman–Crippen MR) is 70.6 cm³/mol. The fourth-order valence-electron chi connectivity index (χ4n) is 3.57. The second kappa shape index (κ2) is 4.98. The molecule has 0 aromatic heterocycles. The molecule has 18 heavy (non-hydrogen) atoms. The molecule has 1 aromatic rings. The molecule has 1 aromatic carbocycles. The molecule has 2 nitrogen and oxygen atoms in total. The van der Waals surface area contributed by atoms with Gasteiger partial charge in [-0.15, -0.1) is 0 Å². The molecule has 2 N–H and O–H groups in total. The van der Waals surface area contributed by atoms with Crippen molar-refractivity contribution in [2.75, 3.05) is 19.6 Å². The van der Waals surface area contributed by atoms with Crippen LogP contribution >= 0.6 is 0 Å². The van der Waals surface area contributed by atoms with E-state index in [1.54, 1.807) is 12.1 Å². The molecule has 0 spiro atoms. The Morgan fingerprint density at radius 2 is 1.78 bits per heavy atom. The Kier molecular flexibility index (Phi) is 3.35. The van der Waals surface area contributed by atoms with Crippen LogP contribution in [0.25, 0.3) is 0 Å². The van der Waals surface area contributed by atoms with Crippen molar-refractivity contribution >= 4 is 0 Å². The quantitative estimate of drug-likeness (QED) is 0.890. The first-order valence-electron chi connectivity index (χ1n) is 6.96. The molecule has 1 aliphatic heterocycles. The molecule has 3 heteroatoms. The molecular weight excluding hydrogens is 227 g/mol. The summed E-state index contributed by atoms with van der Waals surface area (Å²) in [5, 5.41) is 0. The number of likely N-dealkylation sites (tertiary alicyclic amines) is 1. The molecule has 3 atom stereocenters. The molecule has 1 saturated carbocycles. The van der Waals surface area contributed by atoms with E-state index in [1.807, 2.05) is 0 Å². The molecule has 3 unspecified atom stereocenters. The normalized spacial score (nSPS) is 29.4. The van der Waals surface area contributed by atoms with Gasteiger partial charge in [0.1, 0.15) is 5.82 Å². The molecular formula is C15H21FN2. The Bertz CT molecular complexity index is 391. The summed E-state index contributed by atoms with van der Waals surface area (Å²) in [7, 11) is 0. The fourth-order valence-corrected chi connectivity index (χ4v) is 3.57. The summed E-state index contributed by atoms with van der Waals surface area (Å²) in [6.45, 7) is 3.32. The van der Waals surface area contributed by atoms with Gasteiger partial charge in [-0.3, -0.25) is 0 Å². The molecule has 2 aliphatic rings. The first-order chi connectivity index (χ1) is 8.72. The van der Waals surface area contributed by atoms with E-state index in [-0.39, 0.29) is 11.9 Å². The number of nitrogens with zero attached hydrogens (tertiary/aromatic N) is 1. The monoisotopic (exact) mass is 248 g/mol. The lowest BCUT2D eigenvalue weighted by molar-refractivity contribution is 0.292. The van der Waals surface area contributed by atoms with Crippen molar-refractivity contribution in [2.24, 2.45) is 17.6 Å². The van der Waals surface area contributed by atoms with E-state index in [4.69, 9.17) is 5.73 Å². The van der Waals surface area contributed by atoms with Crippen LogP contribution < -0.4 is 5.73 Å². The predicted octanol–water partition coefficient (Wildman–Crippen LogP) is 2.56. The average molecular weight is 248 g/mol. The van der Waals surface area contributed by atoms with Crippen LogP contribution in [0.3, 0.4) is 0 Å². The first kappa shape index (κ1) is 12.1. The van der Waals surface area contributed by atoms with Crippen LogP contribution in [0.2, 0.25) is 0 Å². The highest BCUT2D eigenvalue weighted by Crippen LogP contribution is 2.38. The van der Waals surface area contributed by atoms with Gasteiger partial charge in [0.05, 0.1) is 0 Å². The van der Waals surface area contributed by atoms with Crippen molar-refractivity contribution in [1.82, 2.24) is 4.90 Å². The Morgan fingerprint density at radius 1 is 1.17 bits per heavy atom. The summed E-state index contributed by atoms with van der Waals surface area (Å²) in [6, 6.07) is 6.60. The van der Waals surface area contributed by atoms with E-state index in [0.717, 1.165) is 23.9 Å². The van der Waals surface area contributed by atoms with Crippen molar-refractivity contribution in [3.63, 3.8) is 0 Å². The van der Waals surface area contributed by atoms with Gasteiger partial charge >= 0.3 is 0 Å². The van der Waals surface area contributed by atoms with Crippen molar-refractivity contribution < 1.29 is 4.39 Å². The highest BCUT2D eigenvalue weighted by atomic mass is 19.1. The number of nitrogens with two attached hydrogens (primary N) is 1. The number of fused-ring (bicyclic) bond motifs is 1. The lowest BCUT2D eigenvalue weighted by atomic mass is 10.0. The van der Waals surface area contributed by atoms with Gasteiger partial charge in [0.15, 0.2) is 0 Å². The van der Waals surface area contributed by atoms with Gasteiger partial charge in [0.2, 0.25) is 0 Å². The second-order valence-electron chi connectivity index (χ2n) is 5.83. The largest absolute Gasteiger partial charge is 0.323 e. The minimum Gasteiger partial charge on any atom is -0.323 e. The lowest BCUT2D eigenvalue weighted by Crippen LogP contribution is -2.31. The standard InChI is InChI=1S/C15H21FN2/c16-14-6-4-11(5-7-14)15(17)10-18-8-12-2-1-3-13(12)9-18/h4-7,12-13,15H,1-3,8-10,17H2. The lowest BCUT2D eigenvalue weighted by Gasteiger charge is -2.21. The van der Waals surface area contributed by atoms with Crippen molar-refractivity contribution in [3.8, 4) is 0 Å². The maximum absolute atomic E-state index is 12.9. The molecule has 0 radical (unpaired) electrons. The SMILES string of the molecule is NC(CN1CC2CCCC2C1)c1ccc(F)cc1. The third kappa shape index (κ3) is 2.43. The molecule has 98 valence electrons. The van der Waals surface area contributed by atoms with Crippen LogP contribution in [-0.2, 0) is 0 Å². The number of hydrogen-bond donors (Lipinski definition) is 1. The van der Waals surface area contributed by atoms with E-state index in [1.165, 1.54) is 44.5 Å². The minimum atomic E-state index is -0.193. The highest BCUT2D eigenvalue weighted by molar-refractivity contribution is 5.19. The Balaban J connectivity index is 1.58. The van der Waals surface area contributed by atoms with Crippen molar-refractivity contribution in [1.29, 1.82) is 0 Å². The molecule has 1 aliphatic carbocycles. The molecule has 1 heterocycles. The van der Waals surface area contributed by atoms with Gasteiger partial charge < -0.3 is 10.6 Å². The van der Waals surface area contributed by atoms with Crippen LogP contribution in [0.5, 0.6) is 0 Å². The maximum atomic E-state index is 12.9. The molecule has 2 fully saturated rings. The molecule has 0 amide bonds.